The first kappa shape index (κ1) is 11.9. The van der Waals surface area contributed by atoms with Crippen molar-refractivity contribution in [2.24, 2.45) is 5.73 Å². The molecule has 0 radical (unpaired) electrons. The zero-order valence-corrected chi connectivity index (χ0v) is 11.1. The highest BCUT2D eigenvalue weighted by Gasteiger charge is 2.16. The number of benzene rings is 2. The molecule has 0 saturated heterocycles. The Labute approximate surface area is 112 Å². The molecule has 3 aromatic rings. The standard InChI is InChI=1S/C16H16N2O/c1-10-8-11(2)15-13(9-10)18-16(19-15)14(17)12-6-4-3-5-7-12/h3-9,14H,17H2,1-2H3. The van der Waals surface area contributed by atoms with Crippen molar-refractivity contribution in [1.82, 2.24) is 4.98 Å². The van der Waals surface area contributed by atoms with Crippen molar-refractivity contribution in [3.63, 3.8) is 0 Å². The van der Waals surface area contributed by atoms with Crippen LogP contribution in [0.2, 0.25) is 0 Å². The van der Waals surface area contributed by atoms with Crippen LogP contribution >= 0.6 is 0 Å². The minimum Gasteiger partial charge on any atom is -0.438 e. The van der Waals surface area contributed by atoms with Crippen molar-refractivity contribution in [1.29, 1.82) is 0 Å². The van der Waals surface area contributed by atoms with Gasteiger partial charge in [-0.05, 0) is 36.6 Å². The molecule has 1 aromatic heterocycles. The largest absolute Gasteiger partial charge is 0.438 e. The maximum absolute atomic E-state index is 6.21. The maximum Gasteiger partial charge on any atom is 0.217 e. The Hall–Kier alpha value is -2.13. The Kier molecular flexibility index (Phi) is 2.84. The van der Waals surface area contributed by atoms with Gasteiger partial charge in [-0.15, -0.1) is 0 Å². The summed E-state index contributed by atoms with van der Waals surface area (Å²) < 4.78 is 5.83. The quantitative estimate of drug-likeness (QED) is 0.759. The number of rotatable bonds is 2. The van der Waals surface area contributed by atoms with E-state index in [-0.39, 0.29) is 6.04 Å². The van der Waals surface area contributed by atoms with Gasteiger partial charge in [0.15, 0.2) is 5.58 Å². The molecule has 2 aromatic carbocycles. The molecule has 96 valence electrons. The number of fused-ring (bicyclic) bond motifs is 1. The third-order valence-corrected chi connectivity index (χ3v) is 3.26. The number of oxazole rings is 1. The predicted molar refractivity (Wildman–Crippen MR) is 76.0 cm³/mol. The lowest BCUT2D eigenvalue weighted by molar-refractivity contribution is 0.503. The van der Waals surface area contributed by atoms with Gasteiger partial charge in [-0.25, -0.2) is 4.98 Å². The van der Waals surface area contributed by atoms with E-state index >= 15 is 0 Å². The fourth-order valence-corrected chi connectivity index (χ4v) is 2.33. The van der Waals surface area contributed by atoms with Crippen LogP contribution in [0.4, 0.5) is 0 Å². The maximum atomic E-state index is 6.21. The summed E-state index contributed by atoms with van der Waals surface area (Å²) in [5, 5.41) is 0. The van der Waals surface area contributed by atoms with Gasteiger partial charge in [0.1, 0.15) is 11.6 Å². The summed E-state index contributed by atoms with van der Waals surface area (Å²) in [7, 11) is 0. The van der Waals surface area contributed by atoms with Crippen LogP contribution in [0, 0.1) is 13.8 Å². The first-order chi connectivity index (χ1) is 9.15. The molecule has 0 bridgehead atoms. The molecule has 0 amide bonds. The molecule has 0 fully saturated rings. The molecule has 19 heavy (non-hydrogen) atoms. The fraction of sp³-hybridized carbons (Fsp3) is 0.188. The molecule has 0 saturated carbocycles. The van der Waals surface area contributed by atoms with Crippen LogP contribution in [0.1, 0.15) is 28.6 Å². The van der Waals surface area contributed by atoms with Crippen molar-refractivity contribution in [2.45, 2.75) is 19.9 Å². The second-order valence-corrected chi connectivity index (χ2v) is 4.87. The molecule has 1 unspecified atom stereocenters. The summed E-state index contributed by atoms with van der Waals surface area (Å²) in [5.41, 5.74) is 11.2. The summed E-state index contributed by atoms with van der Waals surface area (Å²) in [6, 6.07) is 13.7. The van der Waals surface area contributed by atoms with E-state index in [2.05, 4.69) is 18.0 Å². The molecule has 2 N–H and O–H groups in total. The average molecular weight is 252 g/mol. The lowest BCUT2D eigenvalue weighted by Gasteiger charge is -2.06. The zero-order valence-electron chi connectivity index (χ0n) is 11.1. The number of hydrogen-bond acceptors (Lipinski definition) is 3. The summed E-state index contributed by atoms with van der Waals surface area (Å²) in [6.07, 6.45) is 0. The van der Waals surface area contributed by atoms with Crippen LogP contribution in [0.5, 0.6) is 0 Å². The first-order valence-electron chi connectivity index (χ1n) is 6.33. The van der Waals surface area contributed by atoms with E-state index in [1.807, 2.05) is 43.3 Å². The second-order valence-electron chi connectivity index (χ2n) is 4.87. The van der Waals surface area contributed by atoms with Gasteiger partial charge < -0.3 is 10.2 Å². The lowest BCUT2D eigenvalue weighted by atomic mass is 10.1. The second kappa shape index (κ2) is 4.52. The molecule has 3 heteroatoms. The van der Waals surface area contributed by atoms with E-state index < -0.39 is 0 Å². The molecule has 1 atom stereocenters. The van der Waals surface area contributed by atoms with E-state index in [1.165, 1.54) is 5.56 Å². The van der Waals surface area contributed by atoms with Crippen molar-refractivity contribution in [2.75, 3.05) is 0 Å². The number of nitrogens with zero attached hydrogens (tertiary/aromatic N) is 1. The van der Waals surface area contributed by atoms with E-state index in [9.17, 15) is 0 Å². The van der Waals surface area contributed by atoms with Gasteiger partial charge in [-0.2, -0.15) is 0 Å². The summed E-state index contributed by atoms with van der Waals surface area (Å²) >= 11 is 0. The lowest BCUT2D eigenvalue weighted by Crippen LogP contribution is -2.11. The fourth-order valence-electron chi connectivity index (χ4n) is 2.33. The molecule has 3 nitrogen and oxygen atoms in total. The van der Waals surface area contributed by atoms with Crippen molar-refractivity contribution >= 4 is 11.1 Å². The highest BCUT2D eigenvalue weighted by Crippen LogP contribution is 2.26. The van der Waals surface area contributed by atoms with Crippen LogP contribution in [-0.4, -0.2) is 4.98 Å². The van der Waals surface area contributed by atoms with Crippen LogP contribution in [0.3, 0.4) is 0 Å². The minimum atomic E-state index is -0.326. The highest BCUT2D eigenvalue weighted by molar-refractivity contribution is 5.77. The zero-order chi connectivity index (χ0) is 13.4. The molecule has 0 aliphatic rings. The average Bonchev–Trinajstić information content (AvgIpc) is 2.83. The van der Waals surface area contributed by atoms with Gasteiger partial charge in [0.25, 0.3) is 0 Å². The van der Waals surface area contributed by atoms with Crippen LogP contribution in [-0.2, 0) is 0 Å². The Bertz CT molecular complexity index is 716. The van der Waals surface area contributed by atoms with Crippen LogP contribution in [0.25, 0.3) is 11.1 Å². The molecular weight excluding hydrogens is 236 g/mol. The first-order valence-corrected chi connectivity index (χ1v) is 6.33. The monoisotopic (exact) mass is 252 g/mol. The van der Waals surface area contributed by atoms with E-state index in [4.69, 9.17) is 10.2 Å². The third kappa shape index (κ3) is 2.13. The SMILES string of the molecule is Cc1cc(C)c2oc(C(N)c3ccccc3)nc2c1. The van der Waals surface area contributed by atoms with Gasteiger partial charge in [0, 0.05) is 0 Å². The predicted octanol–water partition coefficient (Wildman–Crippen LogP) is 3.49. The van der Waals surface area contributed by atoms with Gasteiger partial charge in [-0.1, -0.05) is 36.4 Å². The van der Waals surface area contributed by atoms with Crippen molar-refractivity contribution in [3.05, 3.63) is 65.0 Å². The van der Waals surface area contributed by atoms with Gasteiger partial charge in [0.2, 0.25) is 5.89 Å². The van der Waals surface area contributed by atoms with Crippen molar-refractivity contribution in [3.8, 4) is 0 Å². The Balaban J connectivity index is 2.09. The summed E-state index contributed by atoms with van der Waals surface area (Å²) in [4.78, 5) is 4.52. The number of aromatic nitrogens is 1. The molecule has 1 heterocycles. The molecule has 0 spiro atoms. The summed E-state index contributed by atoms with van der Waals surface area (Å²) in [6.45, 7) is 4.08. The van der Waals surface area contributed by atoms with Crippen LogP contribution in [0.15, 0.2) is 46.9 Å². The van der Waals surface area contributed by atoms with Gasteiger partial charge in [0.05, 0.1) is 0 Å². The molecule has 0 aliphatic carbocycles. The smallest absolute Gasteiger partial charge is 0.217 e. The number of nitrogens with two attached hydrogens (primary N) is 1. The molecular formula is C16H16N2O. The van der Waals surface area contributed by atoms with Gasteiger partial charge in [-0.3, -0.25) is 0 Å². The number of aryl methyl sites for hydroxylation is 2. The minimum absolute atomic E-state index is 0.326. The molecule has 3 rings (SSSR count). The van der Waals surface area contributed by atoms with Crippen LogP contribution < -0.4 is 5.73 Å². The van der Waals surface area contributed by atoms with Crippen molar-refractivity contribution < 1.29 is 4.42 Å². The highest BCUT2D eigenvalue weighted by atomic mass is 16.3. The Morgan fingerprint density at radius 3 is 2.58 bits per heavy atom. The third-order valence-electron chi connectivity index (χ3n) is 3.26. The Morgan fingerprint density at radius 1 is 1.11 bits per heavy atom. The topological polar surface area (TPSA) is 52.0 Å². The summed E-state index contributed by atoms with van der Waals surface area (Å²) in [5.74, 6) is 0.565. The normalized spacial score (nSPS) is 12.8. The Morgan fingerprint density at radius 2 is 1.84 bits per heavy atom. The van der Waals surface area contributed by atoms with E-state index in [1.54, 1.807) is 0 Å². The van der Waals surface area contributed by atoms with Gasteiger partial charge >= 0.3 is 0 Å². The van der Waals surface area contributed by atoms with E-state index in [0.717, 1.165) is 22.2 Å². The number of hydrogen-bond donors (Lipinski definition) is 1. The van der Waals surface area contributed by atoms with E-state index in [0.29, 0.717) is 5.89 Å². The molecule has 0 aliphatic heterocycles.